The number of anilines is 1. The molecule has 0 aliphatic carbocycles. The molecule has 2 amide bonds. The van der Waals surface area contributed by atoms with Gasteiger partial charge in [-0.25, -0.2) is 9.69 Å². The van der Waals surface area contributed by atoms with E-state index in [0.29, 0.717) is 11.3 Å². The molecule has 27 heavy (non-hydrogen) atoms. The lowest BCUT2D eigenvalue weighted by Crippen LogP contribution is -2.45. The van der Waals surface area contributed by atoms with E-state index in [1.165, 1.54) is 7.11 Å². The van der Waals surface area contributed by atoms with Gasteiger partial charge >= 0.3 is 6.09 Å². The zero-order valence-electron chi connectivity index (χ0n) is 16.1. The first-order chi connectivity index (χ1) is 12.6. The van der Waals surface area contributed by atoms with Crippen LogP contribution in [0, 0.1) is 6.92 Å². The van der Waals surface area contributed by atoms with Crippen LogP contribution in [0.1, 0.15) is 37.5 Å². The predicted octanol–water partition coefficient (Wildman–Crippen LogP) is 3.52. The average molecular weight is 369 g/mol. The fourth-order valence-corrected chi connectivity index (χ4v) is 3.08. The van der Waals surface area contributed by atoms with Gasteiger partial charge in [0.05, 0.1) is 12.8 Å². The van der Waals surface area contributed by atoms with Crippen LogP contribution in [0.15, 0.2) is 42.5 Å². The van der Waals surface area contributed by atoms with Crippen molar-refractivity contribution in [3.63, 3.8) is 0 Å². The molecule has 2 aromatic rings. The van der Waals surface area contributed by atoms with Gasteiger partial charge in [-0.3, -0.25) is 4.79 Å². The Morgan fingerprint density at radius 2 is 1.74 bits per heavy atom. The number of hydrogen-bond acceptors (Lipinski definition) is 5. The van der Waals surface area contributed by atoms with Gasteiger partial charge in [-0.15, -0.1) is 0 Å². The Morgan fingerprint density at radius 1 is 1.11 bits per heavy atom. The van der Waals surface area contributed by atoms with Crippen molar-refractivity contribution in [1.82, 2.24) is 0 Å². The number of nitrogens with zero attached hydrogens (tertiary/aromatic N) is 1. The highest BCUT2D eigenvalue weighted by Crippen LogP contribution is 2.46. The number of imide groups is 1. The third-order valence-electron chi connectivity index (χ3n) is 4.39. The summed E-state index contributed by atoms with van der Waals surface area (Å²) in [6, 6.07) is 11.7. The molecule has 1 aliphatic heterocycles. The lowest BCUT2D eigenvalue weighted by Gasteiger charge is -2.25. The number of amides is 2. The van der Waals surface area contributed by atoms with E-state index in [4.69, 9.17) is 9.47 Å². The van der Waals surface area contributed by atoms with Crippen molar-refractivity contribution >= 4 is 17.7 Å². The predicted molar refractivity (Wildman–Crippen MR) is 101 cm³/mol. The molecular formula is C21H23NO5. The maximum atomic E-state index is 13.2. The third-order valence-corrected chi connectivity index (χ3v) is 4.39. The number of methoxy groups -OCH3 is 1. The monoisotopic (exact) mass is 369 g/mol. The molecule has 0 bridgehead atoms. The molecule has 0 fully saturated rings. The van der Waals surface area contributed by atoms with Crippen LogP contribution in [-0.2, 0) is 15.1 Å². The molecule has 0 saturated carbocycles. The molecule has 0 spiro atoms. The highest BCUT2D eigenvalue weighted by molar-refractivity contribution is 6.21. The summed E-state index contributed by atoms with van der Waals surface area (Å²) in [5, 5.41) is 11.5. The normalized spacial score (nSPS) is 19.0. The number of carbonyl (C=O) groups excluding carboxylic acids is 2. The fraction of sp³-hybridized carbons (Fsp3) is 0.333. The second-order valence-electron chi connectivity index (χ2n) is 7.58. The molecule has 6 nitrogen and oxygen atoms in total. The summed E-state index contributed by atoms with van der Waals surface area (Å²) < 4.78 is 10.6. The molecule has 142 valence electrons. The standard InChI is InChI=1S/C21H23NO5/c1-13-6-8-14(9-7-13)21(25)16-12-15(26-5)10-11-17(16)22(18(21)23)19(24)27-20(2,3)4/h6-12,25H,1-5H3/t21-/m1/s1. The summed E-state index contributed by atoms with van der Waals surface area (Å²) in [5.74, 6) is -0.304. The number of aryl methyl sites for hydroxylation is 1. The van der Waals surface area contributed by atoms with Crippen LogP contribution in [0.5, 0.6) is 5.75 Å². The van der Waals surface area contributed by atoms with E-state index in [0.717, 1.165) is 10.5 Å². The van der Waals surface area contributed by atoms with Crippen molar-refractivity contribution in [3.05, 3.63) is 59.2 Å². The van der Waals surface area contributed by atoms with Gasteiger partial charge in [0.15, 0.2) is 5.60 Å². The second-order valence-corrected chi connectivity index (χ2v) is 7.58. The first-order valence-corrected chi connectivity index (χ1v) is 8.63. The van der Waals surface area contributed by atoms with E-state index in [1.807, 2.05) is 6.92 Å². The molecule has 1 aliphatic rings. The van der Waals surface area contributed by atoms with Crippen molar-refractivity contribution in [1.29, 1.82) is 0 Å². The fourth-order valence-electron chi connectivity index (χ4n) is 3.08. The van der Waals surface area contributed by atoms with Crippen LogP contribution in [0.4, 0.5) is 10.5 Å². The van der Waals surface area contributed by atoms with E-state index in [1.54, 1.807) is 63.2 Å². The van der Waals surface area contributed by atoms with Crippen LogP contribution in [0.3, 0.4) is 0 Å². The number of benzene rings is 2. The Hall–Kier alpha value is -2.86. The summed E-state index contributed by atoms with van der Waals surface area (Å²) >= 11 is 0. The molecule has 1 heterocycles. The average Bonchev–Trinajstić information content (AvgIpc) is 2.82. The Kier molecular flexibility index (Phi) is 4.48. The minimum atomic E-state index is -2.01. The van der Waals surface area contributed by atoms with Crippen LogP contribution in [0.25, 0.3) is 0 Å². The maximum absolute atomic E-state index is 13.2. The summed E-state index contributed by atoms with van der Waals surface area (Å²) in [7, 11) is 1.50. The van der Waals surface area contributed by atoms with Gasteiger partial charge in [0.1, 0.15) is 11.4 Å². The van der Waals surface area contributed by atoms with Crippen molar-refractivity contribution in [2.75, 3.05) is 12.0 Å². The molecule has 0 saturated heterocycles. The molecule has 1 atom stereocenters. The van der Waals surface area contributed by atoms with E-state index < -0.39 is 23.2 Å². The van der Waals surface area contributed by atoms with Crippen molar-refractivity contribution in [2.45, 2.75) is 38.9 Å². The summed E-state index contributed by atoms with van der Waals surface area (Å²) in [4.78, 5) is 26.8. The largest absolute Gasteiger partial charge is 0.497 e. The molecular weight excluding hydrogens is 346 g/mol. The van der Waals surface area contributed by atoms with Crippen LogP contribution >= 0.6 is 0 Å². The molecule has 0 unspecified atom stereocenters. The number of carbonyl (C=O) groups is 2. The minimum absolute atomic E-state index is 0.276. The van der Waals surface area contributed by atoms with E-state index in [2.05, 4.69) is 0 Å². The Labute approximate surface area is 158 Å². The molecule has 6 heteroatoms. The van der Waals surface area contributed by atoms with Crippen molar-refractivity contribution < 1.29 is 24.2 Å². The second kappa shape index (κ2) is 6.39. The number of ether oxygens (including phenoxy) is 2. The molecule has 0 radical (unpaired) electrons. The molecule has 3 rings (SSSR count). The molecule has 1 N–H and O–H groups in total. The van der Waals surface area contributed by atoms with Gasteiger partial charge in [0.25, 0.3) is 5.91 Å². The van der Waals surface area contributed by atoms with Crippen LogP contribution < -0.4 is 9.64 Å². The molecule has 0 aromatic heterocycles. The van der Waals surface area contributed by atoms with Gasteiger partial charge in [-0.05, 0) is 51.5 Å². The van der Waals surface area contributed by atoms with Gasteiger partial charge in [0, 0.05) is 5.56 Å². The SMILES string of the molecule is COc1ccc2c(c1)[C@](O)(c1ccc(C)cc1)C(=O)N2C(=O)OC(C)(C)C. The van der Waals surface area contributed by atoms with Crippen molar-refractivity contribution in [3.8, 4) is 5.75 Å². The van der Waals surface area contributed by atoms with Crippen LogP contribution in [0.2, 0.25) is 0 Å². The number of aliphatic hydroxyl groups is 1. The summed E-state index contributed by atoms with van der Waals surface area (Å²) in [6.45, 7) is 7.06. The maximum Gasteiger partial charge on any atom is 0.421 e. The van der Waals surface area contributed by atoms with E-state index >= 15 is 0 Å². The highest BCUT2D eigenvalue weighted by atomic mass is 16.6. The van der Waals surface area contributed by atoms with Gasteiger partial charge in [-0.2, -0.15) is 0 Å². The minimum Gasteiger partial charge on any atom is -0.497 e. The first-order valence-electron chi connectivity index (χ1n) is 8.63. The summed E-state index contributed by atoms with van der Waals surface area (Å²) in [6.07, 6.45) is -0.832. The van der Waals surface area contributed by atoms with Crippen LogP contribution in [-0.4, -0.2) is 29.8 Å². The number of fused-ring (bicyclic) bond motifs is 1. The quantitative estimate of drug-likeness (QED) is 0.876. The highest BCUT2D eigenvalue weighted by Gasteiger charge is 2.54. The topological polar surface area (TPSA) is 76.1 Å². The first kappa shape index (κ1) is 18.9. The Bertz CT molecular complexity index is 898. The number of rotatable bonds is 2. The summed E-state index contributed by atoms with van der Waals surface area (Å²) in [5.41, 5.74) is -0.871. The zero-order valence-corrected chi connectivity index (χ0v) is 16.1. The zero-order chi connectivity index (χ0) is 20.0. The van der Waals surface area contributed by atoms with E-state index in [9.17, 15) is 14.7 Å². The number of hydrogen-bond donors (Lipinski definition) is 1. The lowest BCUT2D eigenvalue weighted by molar-refractivity contribution is -0.131. The third kappa shape index (κ3) is 3.17. The Balaban J connectivity index is 2.18. The van der Waals surface area contributed by atoms with Gasteiger partial charge < -0.3 is 14.6 Å². The molecule has 2 aromatic carbocycles. The Morgan fingerprint density at radius 3 is 2.30 bits per heavy atom. The lowest BCUT2D eigenvalue weighted by atomic mass is 9.87. The van der Waals surface area contributed by atoms with Gasteiger partial charge in [0.2, 0.25) is 0 Å². The van der Waals surface area contributed by atoms with E-state index in [-0.39, 0.29) is 11.3 Å². The smallest absolute Gasteiger partial charge is 0.421 e. The van der Waals surface area contributed by atoms with Crippen molar-refractivity contribution in [2.24, 2.45) is 0 Å². The van der Waals surface area contributed by atoms with Gasteiger partial charge in [-0.1, -0.05) is 29.8 Å².